The van der Waals surface area contributed by atoms with Crippen LogP contribution >= 0.6 is 0 Å². The number of ether oxygens (including phenoxy) is 1. The summed E-state index contributed by atoms with van der Waals surface area (Å²) in [5.41, 5.74) is 5.47. The number of rotatable bonds is 6. The van der Waals surface area contributed by atoms with E-state index in [0.29, 0.717) is 24.3 Å². The maximum atomic E-state index is 12.4. The number of nitrogens with one attached hydrogen (secondary N) is 1. The summed E-state index contributed by atoms with van der Waals surface area (Å²) >= 11 is 0. The average molecular weight is 433 g/mol. The van der Waals surface area contributed by atoms with Gasteiger partial charge in [0.15, 0.2) is 5.69 Å². The fourth-order valence-corrected chi connectivity index (χ4v) is 4.71. The summed E-state index contributed by atoms with van der Waals surface area (Å²) in [6, 6.07) is 10.9. The lowest BCUT2D eigenvalue weighted by Crippen LogP contribution is -2.27. The third kappa shape index (κ3) is 3.98. The van der Waals surface area contributed by atoms with E-state index in [-0.39, 0.29) is 5.97 Å². The van der Waals surface area contributed by atoms with Crippen LogP contribution in [-0.2, 0) is 31.2 Å². The number of carbonyl (C=O) groups excluding carboxylic acids is 1. The molecule has 1 atom stereocenters. The summed E-state index contributed by atoms with van der Waals surface area (Å²) in [7, 11) is 1.85. The Kier molecular flexibility index (Phi) is 5.61. The molecule has 2 aromatic heterocycles. The fourth-order valence-electron chi connectivity index (χ4n) is 4.71. The van der Waals surface area contributed by atoms with E-state index in [2.05, 4.69) is 50.6 Å². The number of aromatic nitrogens is 4. The molecule has 8 heteroatoms. The van der Waals surface area contributed by atoms with Crippen LogP contribution in [0.25, 0.3) is 11.4 Å². The van der Waals surface area contributed by atoms with Crippen molar-refractivity contribution in [2.75, 3.05) is 25.0 Å². The van der Waals surface area contributed by atoms with Crippen molar-refractivity contribution in [1.82, 2.24) is 24.6 Å². The molecule has 166 valence electrons. The van der Waals surface area contributed by atoms with Crippen molar-refractivity contribution in [2.45, 2.75) is 38.8 Å². The Balaban J connectivity index is 1.33. The summed E-state index contributed by atoms with van der Waals surface area (Å²) in [5, 5.41) is 7.97. The first-order chi connectivity index (χ1) is 15.6. The third-order valence-electron chi connectivity index (χ3n) is 6.20. The summed E-state index contributed by atoms with van der Waals surface area (Å²) in [6.07, 6.45) is 4.48. The van der Waals surface area contributed by atoms with Crippen LogP contribution in [0.1, 0.15) is 40.5 Å². The maximum absolute atomic E-state index is 12.4. The van der Waals surface area contributed by atoms with Gasteiger partial charge in [-0.3, -0.25) is 9.58 Å². The molecule has 2 aliphatic rings. The first kappa shape index (κ1) is 20.6. The summed E-state index contributed by atoms with van der Waals surface area (Å²) in [4.78, 5) is 24.2. The Bertz CT molecular complexity index is 1130. The number of benzene rings is 1. The molecule has 1 unspecified atom stereocenters. The molecule has 0 saturated carbocycles. The van der Waals surface area contributed by atoms with E-state index in [4.69, 9.17) is 9.72 Å². The molecule has 32 heavy (non-hydrogen) atoms. The first-order valence-electron chi connectivity index (χ1n) is 11.2. The maximum Gasteiger partial charge on any atom is 0.359 e. The molecule has 1 saturated heterocycles. The molecule has 1 aliphatic heterocycles. The summed E-state index contributed by atoms with van der Waals surface area (Å²) in [5.74, 6) is 0.256. The van der Waals surface area contributed by atoms with E-state index in [1.807, 2.05) is 13.2 Å². The van der Waals surface area contributed by atoms with Crippen molar-refractivity contribution in [3.63, 3.8) is 0 Å². The Morgan fingerprint density at radius 3 is 2.91 bits per heavy atom. The Hall–Kier alpha value is -3.26. The minimum absolute atomic E-state index is 0.307. The molecule has 3 aromatic rings. The molecule has 1 aromatic carbocycles. The molecular formula is C24H28N6O2. The van der Waals surface area contributed by atoms with Crippen molar-refractivity contribution in [1.29, 1.82) is 0 Å². The molecule has 1 aliphatic carbocycles. The number of aryl methyl sites for hydroxylation is 2. The lowest BCUT2D eigenvalue weighted by Gasteiger charge is -2.19. The van der Waals surface area contributed by atoms with Gasteiger partial charge in [-0.2, -0.15) is 5.10 Å². The molecule has 1 fully saturated rings. The Labute approximate surface area is 187 Å². The van der Waals surface area contributed by atoms with Crippen molar-refractivity contribution in [3.8, 4) is 11.4 Å². The second-order valence-corrected chi connectivity index (χ2v) is 8.44. The van der Waals surface area contributed by atoms with Gasteiger partial charge in [0.1, 0.15) is 0 Å². The number of carbonyl (C=O) groups is 1. The van der Waals surface area contributed by atoms with Gasteiger partial charge < -0.3 is 10.1 Å². The zero-order valence-electron chi connectivity index (χ0n) is 18.5. The molecule has 3 heterocycles. The number of hydrogen-bond acceptors (Lipinski definition) is 7. The minimum atomic E-state index is -0.371. The van der Waals surface area contributed by atoms with Gasteiger partial charge >= 0.3 is 5.97 Å². The summed E-state index contributed by atoms with van der Waals surface area (Å²) < 4.78 is 6.94. The van der Waals surface area contributed by atoms with Crippen LogP contribution in [0.2, 0.25) is 0 Å². The van der Waals surface area contributed by atoms with Crippen molar-refractivity contribution in [2.24, 2.45) is 7.05 Å². The van der Waals surface area contributed by atoms with E-state index in [9.17, 15) is 4.79 Å². The van der Waals surface area contributed by atoms with Gasteiger partial charge in [-0.05, 0) is 37.3 Å². The van der Waals surface area contributed by atoms with Crippen LogP contribution in [0.3, 0.4) is 0 Å². The van der Waals surface area contributed by atoms with E-state index < -0.39 is 0 Å². The highest BCUT2D eigenvalue weighted by molar-refractivity contribution is 5.91. The molecule has 0 amide bonds. The van der Waals surface area contributed by atoms with Gasteiger partial charge in [-0.1, -0.05) is 30.3 Å². The highest BCUT2D eigenvalue weighted by Gasteiger charge is 2.30. The number of hydrogen-bond donors (Lipinski definition) is 1. The average Bonchev–Trinajstić information content (AvgIpc) is 3.38. The van der Waals surface area contributed by atoms with Gasteiger partial charge in [0, 0.05) is 44.5 Å². The van der Waals surface area contributed by atoms with Crippen molar-refractivity contribution in [3.05, 3.63) is 58.9 Å². The molecule has 0 bridgehead atoms. The molecule has 0 radical (unpaired) electrons. The largest absolute Gasteiger partial charge is 0.461 e. The molecule has 1 N–H and O–H groups in total. The number of anilines is 1. The van der Waals surface area contributed by atoms with Crippen LogP contribution < -0.4 is 5.32 Å². The topological polar surface area (TPSA) is 85.2 Å². The van der Waals surface area contributed by atoms with E-state index in [1.165, 1.54) is 5.56 Å². The van der Waals surface area contributed by atoms with Gasteiger partial charge in [0.2, 0.25) is 5.95 Å². The van der Waals surface area contributed by atoms with E-state index in [0.717, 1.165) is 61.4 Å². The smallest absolute Gasteiger partial charge is 0.359 e. The molecule has 8 nitrogen and oxygen atoms in total. The minimum Gasteiger partial charge on any atom is -0.461 e. The number of likely N-dealkylation sites (tertiary alicyclic amines) is 1. The number of esters is 1. The van der Waals surface area contributed by atoms with Crippen LogP contribution in [0.15, 0.2) is 36.5 Å². The zero-order chi connectivity index (χ0) is 22.1. The van der Waals surface area contributed by atoms with Crippen LogP contribution in [0.5, 0.6) is 0 Å². The van der Waals surface area contributed by atoms with Crippen LogP contribution in [0.4, 0.5) is 5.95 Å². The van der Waals surface area contributed by atoms with Gasteiger partial charge in [0.05, 0.1) is 18.0 Å². The molecular weight excluding hydrogens is 404 g/mol. The number of nitrogens with zero attached hydrogens (tertiary/aromatic N) is 5. The van der Waals surface area contributed by atoms with Gasteiger partial charge in [0.25, 0.3) is 0 Å². The van der Waals surface area contributed by atoms with Gasteiger partial charge in [-0.15, -0.1) is 0 Å². The van der Waals surface area contributed by atoms with Crippen LogP contribution in [0, 0.1) is 0 Å². The lowest BCUT2D eigenvalue weighted by molar-refractivity contribution is 0.0517. The second-order valence-electron chi connectivity index (χ2n) is 8.44. The van der Waals surface area contributed by atoms with E-state index in [1.54, 1.807) is 11.6 Å². The lowest BCUT2D eigenvalue weighted by atomic mass is 9.93. The SMILES string of the molecule is CCOC(=O)c1nn(C)c2c1CCc1cnc(NC3CCN(Cc4ccccc4)C3)nc1-2. The fraction of sp³-hybridized carbons (Fsp3) is 0.417. The van der Waals surface area contributed by atoms with Crippen molar-refractivity contribution >= 4 is 11.9 Å². The monoisotopic (exact) mass is 432 g/mol. The Morgan fingerprint density at radius 1 is 1.25 bits per heavy atom. The quantitative estimate of drug-likeness (QED) is 0.600. The number of fused-ring (bicyclic) bond motifs is 3. The second kappa shape index (κ2) is 8.70. The van der Waals surface area contributed by atoms with E-state index >= 15 is 0 Å². The van der Waals surface area contributed by atoms with Crippen molar-refractivity contribution < 1.29 is 9.53 Å². The summed E-state index contributed by atoms with van der Waals surface area (Å²) in [6.45, 7) is 5.10. The Morgan fingerprint density at radius 2 is 2.09 bits per heavy atom. The third-order valence-corrected chi connectivity index (χ3v) is 6.20. The standard InChI is InChI=1S/C24H28N6O2/c1-3-32-23(31)21-19-10-9-17-13-25-24(27-20(17)22(19)29(2)28-21)26-18-11-12-30(15-18)14-16-7-5-4-6-8-16/h4-8,13,18H,3,9-12,14-15H2,1-2H3,(H,25,26,27). The predicted octanol–water partition coefficient (Wildman–Crippen LogP) is 2.84. The first-order valence-corrected chi connectivity index (χ1v) is 11.2. The predicted molar refractivity (Wildman–Crippen MR) is 121 cm³/mol. The van der Waals surface area contributed by atoms with Crippen LogP contribution in [-0.4, -0.2) is 56.4 Å². The highest BCUT2D eigenvalue weighted by atomic mass is 16.5. The molecule has 5 rings (SSSR count). The normalized spacial score (nSPS) is 17.6. The highest BCUT2D eigenvalue weighted by Crippen LogP contribution is 2.34. The van der Waals surface area contributed by atoms with Gasteiger partial charge in [-0.25, -0.2) is 14.8 Å². The zero-order valence-corrected chi connectivity index (χ0v) is 18.5. The molecule has 0 spiro atoms.